The van der Waals surface area contributed by atoms with E-state index in [2.05, 4.69) is 5.10 Å². The summed E-state index contributed by atoms with van der Waals surface area (Å²) >= 11 is 0. The highest BCUT2D eigenvalue weighted by atomic mass is 32.2. The molecule has 0 unspecified atom stereocenters. The number of nitrogens with zero attached hydrogens (tertiary/aromatic N) is 4. The number of carbonyl (C=O) groups is 1. The molecular weight excluding hydrogens is 535 g/mol. The number of halogens is 3. The number of hydrogen-bond donors (Lipinski definition) is 1. The maximum Gasteiger partial charge on any atom is 0.333 e. The topological polar surface area (TPSA) is 96.8 Å². The van der Waals surface area contributed by atoms with Crippen LogP contribution in [0, 0.1) is 19.7 Å². The molecule has 2 aliphatic rings. The van der Waals surface area contributed by atoms with Crippen LogP contribution in [-0.4, -0.2) is 48.6 Å². The fourth-order valence-corrected chi connectivity index (χ4v) is 6.27. The van der Waals surface area contributed by atoms with Crippen LogP contribution in [-0.2, 0) is 41.0 Å². The molecule has 1 N–H and O–H groups in total. The largest absolute Gasteiger partial charge is 0.487 e. The lowest BCUT2D eigenvalue weighted by Gasteiger charge is -2.31. The summed E-state index contributed by atoms with van der Waals surface area (Å²) in [7, 11) is -4.29. The number of benzene rings is 2. The van der Waals surface area contributed by atoms with Crippen molar-refractivity contribution in [3.8, 4) is 5.75 Å². The zero-order valence-corrected chi connectivity index (χ0v) is 22.3. The van der Waals surface area contributed by atoms with E-state index in [1.165, 1.54) is 0 Å². The van der Waals surface area contributed by atoms with Gasteiger partial charge in [-0.2, -0.15) is 22.3 Å². The molecule has 0 radical (unpaired) electrons. The lowest BCUT2D eigenvalue weighted by atomic mass is 9.97. The Hall–Kier alpha value is -3.58. The van der Waals surface area contributed by atoms with Crippen molar-refractivity contribution in [2.75, 3.05) is 23.9 Å². The van der Waals surface area contributed by atoms with Crippen LogP contribution >= 0.6 is 0 Å². The molecule has 0 bridgehead atoms. The van der Waals surface area contributed by atoms with Gasteiger partial charge in [-0.15, -0.1) is 0 Å². The Balaban J connectivity index is 1.43. The highest BCUT2D eigenvalue weighted by molar-refractivity contribution is 7.92. The lowest BCUT2D eigenvalue weighted by molar-refractivity contribution is -0.117. The second kappa shape index (κ2) is 10.5. The van der Waals surface area contributed by atoms with Crippen LogP contribution in [0.3, 0.4) is 0 Å². The van der Waals surface area contributed by atoms with Gasteiger partial charge in [-0.25, -0.2) is 18.1 Å². The Morgan fingerprint density at radius 3 is 2.54 bits per heavy atom. The standard InChI is InChI=1S/C26H28F3N5O4S/c1-16-20(17(2)34(30-16)26(28)29)9-11-32-10-8-19-12-22(38-15-18-6-4-3-5-7-18)25(24(27)21(19)13-32)33-14-23(35)31-39(33,36)37/h3-7,12,26H,8-11,13-15H2,1-2H3,(H,31,35). The van der Waals surface area contributed by atoms with E-state index >= 15 is 4.39 Å². The van der Waals surface area contributed by atoms with Gasteiger partial charge in [-0.1, -0.05) is 30.3 Å². The third-order valence-corrected chi connectivity index (χ3v) is 8.50. The minimum Gasteiger partial charge on any atom is -0.487 e. The summed E-state index contributed by atoms with van der Waals surface area (Å²) in [5.74, 6) is -1.50. The molecule has 1 saturated heterocycles. The molecule has 208 valence electrons. The molecule has 3 heterocycles. The van der Waals surface area contributed by atoms with Gasteiger partial charge in [0.1, 0.15) is 24.6 Å². The van der Waals surface area contributed by atoms with Gasteiger partial charge in [0, 0.05) is 30.9 Å². The molecule has 3 aromatic rings. The zero-order valence-electron chi connectivity index (χ0n) is 21.5. The molecular formula is C26H28F3N5O4S. The second-order valence-corrected chi connectivity index (χ2v) is 11.2. The molecule has 2 aliphatic heterocycles. The first-order chi connectivity index (χ1) is 18.5. The molecule has 5 rings (SSSR count). The van der Waals surface area contributed by atoms with Crippen molar-refractivity contribution in [3.63, 3.8) is 0 Å². The maximum absolute atomic E-state index is 16.2. The number of anilines is 1. The van der Waals surface area contributed by atoms with E-state index < -0.39 is 35.0 Å². The van der Waals surface area contributed by atoms with E-state index in [1.54, 1.807) is 19.9 Å². The number of hydrogen-bond acceptors (Lipinski definition) is 6. The predicted molar refractivity (Wildman–Crippen MR) is 137 cm³/mol. The number of amides is 1. The highest BCUT2D eigenvalue weighted by Crippen LogP contribution is 2.40. The first-order valence-electron chi connectivity index (χ1n) is 12.4. The number of aromatic nitrogens is 2. The Kier molecular flexibility index (Phi) is 7.29. The fourth-order valence-electron chi connectivity index (χ4n) is 5.11. The van der Waals surface area contributed by atoms with Crippen LogP contribution < -0.4 is 13.8 Å². The van der Waals surface area contributed by atoms with Crippen molar-refractivity contribution < 1.29 is 31.1 Å². The SMILES string of the molecule is Cc1nn(C(F)F)c(C)c1CCN1CCc2cc(OCc3ccccc3)c(N3CC(=O)NS3(=O)=O)c(F)c2C1. The lowest BCUT2D eigenvalue weighted by Crippen LogP contribution is -2.35. The minimum absolute atomic E-state index is 0.0364. The smallest absolute Gasteiger partial charge is 0.333 e. The van der Waals surface area contributed by atoms with Crippen LogP contribution in [0.1, 0.15) is 40.2 Å². The predicted octanol–water partition coefficient (Wildman–Crippen LogP) is 3.39. The van der Waals surface area contributed by atoms with Crippen LogP contribution in [0.15, 0.2) is 36.4 Å². The van der Waals surface area contributed by atoms with Gasteiger partial charge >= 0.3 is 16.8 Å². The van der Waals surface area contributed by atoms with Gasteiger partial charge in [0.25, 0.3) is 5.91 Å². The molecule has 9 nitrogen and oxygen atoms in total. The normalized spacial score (nSPS) is 17.0. The van der Waals surface area contributed by atoms with Gasteiger partial charge in [0.2, 0.25) is 0 Å². The first-order valence-corrected chi connectivity index (χ1v) is 13.9. The van der Waals surface area contributed by atoms with Crippen LogP contribution in [0.5, 0.6) is 5.75 Å². The Bertz CT molecular complexity index is 1510. The van der Waals surface area contributed by atoms with Crippen molar-refractivity contribution in [2.45, 2.75) is 46.4 Å². The summed E-state index contributed by atoms with van der Waals surface area (Å²) < 4.78 is 77.1. The van der Waals surface area contributed by atoms with Crippen molar-refractivity contribution >= 4 is 21.8 Å². The molecule has 0 saturated carbocycles. The van der Waals surface area contributed by atoms with Crippen LogP contribution in [0.4, 0.5) is 18.9 Å². The number of ether oxygens (including phenoxy) is 1. The summed E-state index contributed by atoms with van der Waals surface area (Å²) in [6.07, 6.45) is 0.928. The Labute approximate surface area is 224 Å². The second-order valence-electron chi connectivity index (χ2n) is 9.63. The van der Waals surface area contributed by atoms with Crippen LogP contribution in [0.2, 0.25) is 0 Å². The molecule has 0 atom stereocenters. The highest BCUT2D eigenvalue weighted by Gasteiger charge is 2.39. The summed E-state index contributed by atoms with van der Waals surface area (Å²) in [4.78, 5) is 13.9. The fraction of sp³-hybridized carbons (Fsp3) is 0.385. The number of aryl methyl sites for hydroxylation is 1. The van der Waals surface area contributed by atoms with E-state index in [9.17, 15) is 22.0 Å². The van der Waals surface area contributed by atoms with Gasteiger partial charge < -0.3 is 4.74 Å². The summed E-state index contributed by atoms with van der Waals surface area (Å²) in [5.41, 5.74) is 3.14. The number of nitrogens with one attached hydrogen (secondary N) is 1. The molecule has 0 aliphatic carbocycles. The number of carbonyl (C=O) groups excluding carboxylic acids is 1. The quantitative estimate of drug-likeness (QED) is 0.452. The molecule has 13 heteroatoms. The van der Waals surface area contributed by atoms with E-state index in [0.29, 0.717) is 57.4 Å². The monoisotopic (exact) mass is 563 g/mol. The number of alkyl halides is 2. The molecule has 1 fully saturated rings. The van der Waals surface area contributed by atoms with Crippen LogP contribution in [0.25, 0.3) is 0 Å². The molecule has 1 amide bonds. The Morgan fingerprint density at radius 1 is 1.15 bits per heavy atom. The van der Waals surface area contributed by atoms with E-state index in [4.69, 9.17) is 4.74 Å². The third kappa shape index (κ3) is 5.33. The molecule has 39 heavy (non-hydrogen) atoms. The summed E-state index contributed by atoms with van der Waals surface area (Å²) in [6.45, 7) is 1.32. The average molecular weight is 564 g/mol. The maximum atomic E-state index is 16.2. The molecule has 0 spiro atoms. The summed E-state index contributed by atoms with van der Waals surface area (Å²) in [5, 5.41) is 3.93. The van der Waals surface area contributed by atoms with Gasteiger partial charge in [-0.05, 0) is 49.4 Å². The van der Waals surface area contributed by atoms with E-state index in [0.717, 1.165) is 11.1 Å². The number of rotatable bonds is 8. The van der Waals surface area contributed by atoms with Gasteiger partial charge in [0.05, 0.1) is 5.69 Å². The van der Waals surface area contributed by atoms with Gasteiger partial charge in [0.15, 0.2) is 5.82 Å². The zero-order chi connectivity index (χ0) is 27.9. The van der Waals surface area contributed by atoms with Crippen molar-refractivity contribution in [1.29, 1.82) is 0 Å². The van der Waals surface area contributed by atoms with Gasteiger partial charge in [-0.3, -0.25) is 9.69 Å². The minimum atomic E-state index is -4.29. The molecule has 1 aromatic heterocycles. The third-order valence-electron chi connectivity index (χ3n) is 7.12. The first kappa shape index (κ1) is 27.0. The Morgan fingerprint density at radius 2 is 1.90 bits per heavy atom. The van der Waals surface area contributed by atoms with E-state index in [1.807, 2.05) is 40.0 Å². The van der Waals surface area contributed by atoms with E-state index in [-0.39, 0.29) is 24.6 Å². The van der Waals surface area contributed by atoms with Crippen molar-refractivity contribution in [3.05, 3.63) is 75.9 Å². The summed E-state index contributed by atoms with van der Waals surface area (Å²) in [6, 6.07) is 10.8. The van der Waals surface area contributed by atoms with Crippen molar-refractivity contribution in [2.24, 2.45) is 0 Å². The van der Waals surface area contributed by atoms with Crippen molar-refractivity contribution in [1.82, 2.24) is 19.4 Å². The molecule has 2 aromatic carbocycles. The number of fused-ring (bicyclic) bond motifs is 1. The average Bonchev–Trinajstić information content (AvgIpc) is 3.34.